The predicted octanol–water partition coefficient (Wildman–Crippen LogP) is 1.28. The monoisotopic (exact) mass is 234 g/mol. The minimum atomic E-state index is -0.577. The van der Waals surface area contributed by atoms with Crippen LogP contribution >= 0.6 is 0 Å². The lowest BCUT2D eigenvalue weighted by atomic mass is 10.2. The van der Waals surface area contributed by atoms with Crippen LogP contribution in [-0.2, 0) is 0 Å². The van der Waals surface area contributed by atoms with Crippen LogP contribution in [0.15, 0.2) is 23.3 Å². The first-order chi connectivity index (χ1) is 8.00. The lowest BCUT2D eigenvalue weighted by Crippen LogP contribution is -2.24. The number of hydrogen-bond acceptors (Lipinski definition) is 5. The topological polar surface area (TPSA) is 90.9 Å². The van der Waals surface area contributed by atoms with E-state index in [-0.39, 0.29) is 22.7 Å². The quantitative estimate of drug-likeness (QED) is 0.576. The van der Waals surface area contributed by atoms with Gasteiger partial charge in [0.25, 0.3) is 11.2 Å². The first kappa shape index (κ1) is 11.2. The summed E-state index contributed by atoms with van der Waals surface area (Å²) in [6.07, 6.45) is 2.55. The van der Waals surface area contributed by atoms with E-state index in [0.717, 1.165) is 6.20 Å². The molecule has 0 aliphatic rings. The van der Waals surface area contributed by atoms with Crippen molar-refractivity contribution in [2.24, 2.45) is 0 Å². The van der Waals surface area contributed by atoms with E-state index < -0.39 is 4.92 Å². The molecule has 0 unspecified atom stereocenters. The van der Waals surface area contributed by atoms with Crippen molar-refractivity contribution in [1.29, 1.82) is 0 Å². The van der Waals surface area contributed by atoms with Crippen molar-refractivity contribution in [1.82, 2.24) is 14.8 Å². The van der Waals surface area contributed by atoms with Gasteiger partial charge in [-0.05, 0) is 13.8 Å². The minimum absolute atomic E-state index is 0.105. The van der Waals surface area contributed by atoms with Crippen LogP contribution in [0.3, 0.4) is 0 Å². The summed E-state index contributed by atoms with van der Waals surface area (Å²) < 4.78 is 1.27. The zero-order valence-corrected chi connectivity index (χ0v) is 9.32. The number of pyridine rings is 1. The van der Waals surface area contributed by atoms with Gasteiger partial charge in [0.1, 0.15) is 6.20 Å². The fourth-order valence-electron chi connectivity index (χ4n) is 1.50. The highest BCUT2D eigenvalue weighted by molar-refractivity contribution is 5.78. The second kappa shape index (κ2) is 3.93. The van der Waals surface area contributed by atoms with E-state index in [4.69, 9.17) is 0 Å². The zero-order chi connectivity index (χ0) is 12.6. The molecule has 0 aliphatic carbocycles. The molecule has 2 heterocycles. The molecule has 0 N–H and O–H groups in total. The highest BCUT2D eigenvalue weighted by Gasteiger charge is 2.12. The number of hydrogen-bond donors (Lipinski definition) is 0. The van der Waals surface area contributed by atoms with E-state index in [1.54, 1.807) is 0 Å². The third-order valence-electron chi connectivity index (χ3n) is 2.35. The average Bonchev–Trinajstić information content (AvgIpc) is 2.28. The summed E-state index contributed by atoms with van der Waals surface area (Å²) in [4.78, 5) is 25.9. The molecule has 88 valence electrons. The van der Waals surface area contributed by atoms with Crippen molar-refractivity contribution in [2.75, 3.05) is 0 Å². The van der Waals surface area contributed by atoms with Gasteiger partial charge in [-0.25, -0.2) is 9.67 Å². The van der Waals surface area contributed by atoms with E-state index in [1.165, 1.54) is 16.9 Å². The van der Waals surface area contributed by atoms with Crippen molar-refractivity contribution in [3.8, 4) is 0 Å². The standard InChI is InChI=1S/C10H10N4O3/c1-6(2)13-10(15)8-3-7(14(16)17)4-11-9(8)5-12-13/h3-6H,1-2H3. The highest BCUT2D eigenvalue weighted by atomic mass is 16.6. The lowest BCUT2D eigenvalue weighted by Gasteiger charge is -2.08. The maximum Gasteiger partial charge on any atom is 0.288 e. The Morgan fingerprint density at radius 2 is 2.12 bits per heavy atom. The van der Waals surface area contributed by atoms with Crippen molar-refractivity contribution < 1.29 is 4.92 Å². The van der Waals surface area contributed by atoms with Crippen LogP contribution < -0.4 is 5.56 Å². The van der Waals surface area contributed by atoms with Gasteiger partial charge in [0.2, 0.25) is 0 Å². The van der Waals surface area contributed by atoms with Gasteiger partial charge in [-0.1, -0.05) is 0 Å². The third kappa shape index (κ3) is 1.86. The zero-order valence-electron chi connectivity index (χ0n) is 9.32. The maximum absolute atomic E-state index is 12.0. The molecule has 2 aromatic heterocycles. The Hall–Kier alpha value is -2.31. The summed E-state index contributed by atoms with van der Waals surface area (Å²) in [6.45, 7) is 3.62. The Morgan fingerprint density at radius 3 is 2.71 bits per heavy atom. The summed E-state index contributed by atoms with van der Waals surface area (Å²) >= 11 is 0. The normalized spacial score (nSPS) is 11.0. The van der Waals surface area contributed by atoms with Gasteiger partial charge in [0.05, 0.1) is 28.1 Å². The van der Waals surface area contributed by atoms with Gasteiger partial charge in [-0.2, -0.15) is 5.10 Å². The fourth-order valence-corrected chi connectivity index (χ4v) is 1.50. The first-order valence-corrected chi connectivity index (χ1v) is 5.02. The second-order valence-electron chi connectivity index (χ2n) is 3.87. The molecule has 17 heavy (non-hydrogen) atoms. The Morgan fingerprint density at radius 1 is 1.41 bits per heavy atom. The van der Waals surface area contributed by atoms with Crippen LogP contribution in [0, 0.1) is 10.1 Å². The van der Waals surface area contributed by atoms with Crippen molar-refractivity contribution in [3.05, 3.63) is 38.9 Å². The lowest BCUT2D eigenvalue weighted by molar-refractivity contribution is -0.385. The Balaban J connectivity index is 2.78. The molecule has 0 spiro atoms. The van der Waals surface area contributed by atoms with Gasteiger partial charge in [0.15, 0.2) is 0 Å². The maximum atomic E-state index is 12.0. The molecule has 0 radical (unpaired) electrons. The highest BCUT2D eigenvalue weighted by Crippen LogP contribution is 2.14. The van der Waals surface area contributed by atoms with Crippen LogP contribution in [-0.4, -0.2) is 19.7 Å². The van der Waals surface area contributed by atoms with Crippen LogP contribution in [0.2, 0.25) is 0 Å². The molecule has 0 aliphatic heterocycles. The molecule has 0 saturated carbocycles. The molecule has 0 aromatic carbocycles. The molecule has 0 saturated heterocycles. The second-order valence-corrected chi connectivity index (χ2v) is 3.87. The molecular formula is C10H10N4O3. The molecule has 2 rings (SSSR count). The largest absolute Gasteiger partial charge is 0.288 e. The smallest absolute Gasteiger partial charge is 0.267 e. The average molecular weight is 234 g/mol. The molecular weight excluding hydrogens is 224 g/mol. The number of aromatic nitrogens is 3. The van der Waals surface area contributed by atoms with Crippen molar-refractivity contribution in [3.63, 3.8) is 0 Å². The first-order valence-electron chi connectivity index (χ1n) is 5.02. The van der Waals surface area contributed by atoms with Crippen molar-refractivity contribution in [2.45, 2.75) is 19.9 Å². The van der Waals surface area contributed by atoms with Gasteiger partial charge in [-0.15, -0.1) is 0 Å². The molecule has 0 amide bonds. The summed E-state index contributed by atoms with van der Waals surface area (Å²) in [5.41, 5.74) is -0.206. The molecule has 7 heteroatoms. The number of nitro groups is 1. The molecule has 2 aromatic rings. The summed E-state index contributed by atoms with van der Waals surface area (Å²) in [5, 5.41) is 14.8. The van der Waals surface area contributed by atoms with Crippen molar-refractivity contribution >= 4 is 16.6 Å². The number of nitrogens with zero attached hydrogens (tertiary/aromatic N) is 4. The summed E-state index contributed by atoms with van der Waals surface area (Å²) in [5.74, 6) is 0. The van der Waals surface area contributed by atoms with Crippen LogP contribution in [0.5, 0.6) is 0 Å². The number of rotatable bonds is 2. The van der Waals surface area contributed by atoms with Gasteiger partial charge in [-0.3, -0.25) is 14.9 Å². The van der Waals surface area contributed by atoms with E-state index in [0.29, 0.717) is 5.52 Å². The van der Waals surface area contributed by atoms with Crippen LogP contribution in [0.25, 0.3) is 10.9 Å². The van der Waals surface area contributed by atoms with Crippen LogP contribution in [0.4, 0.5) is 5.69 Å². The third-order valence-corrected chi connectivity index (χ3v) is 2.35. The minimum Gasteiger partial charge on any atom is -0.267 e. The molecule has 7 nitrogen and oxygen atoms in total. The van der Waals surface area contributed by atoms with Gasteiger partial charge >= 0.3 is 0 Å². The molecule has 0 bridgehead atoms. The Labute approximate surface area is 95.9 Å². The van der Waals surface area contributed by atoms with Crippen LogP contribution in [0.1, 0.15) is 19.9 Å². The van der Waals surface area contributed by atoms with Gasteiger partial charge in [0, 0.05) is 6.07 Å². The molecule has 0 atom stereocenters. The van der Waals surface area contributed by atoms with E-state index >= 15 is 0 Å². The summed E-state index contributed by atoms with van der Waals surface area (Å²) in [6, 6.07) is 1.12. The van der Waals surface area contributed by atoms with E-state index in [9.17, 15) is 14.9 Å². The van der Waals surface area contributed by atoms with E-state index in [1.807, 2.05) is 13.8 Å². The summed E-state index contributed by atoms with van der Waals surface area (Å²) in [7, 11) is 0. The SMILES string of the molecule is CC(C)n1ncc2ncc([N+](=O)[O-])cc2c1=O. The predicted molar refractivity (Wildman–Crippen MR) is 60.8 cm³/mol. The number of fused-ring (bicyclic) bond motifs is 1. The molecule has 0 fully saturated rings. The Bertz CT molecular complexity index is 648. The van der Waals surface area contributed by atoms with Gasteiger partial charge < -0.3 is 0 Å². The fraction of sp³-hybridized carbons (Fsp3) is 0.300. The Kier molecular flexibility index (Phi) is 2.58. The van der Waals surface area contributed by atoms with E-state index in [2.05, 4.69) is 10.1 Å².